The van der Waals surface area contributed by atoms with Crippen LogP contribution in [0.3, 0.4) is 0 Å². The molecule has 0 amide bonds. The lowest BCUT2D eigenvalue weighted by Crippen LogP contribution is -1.99. The van der Waals surface area contributed by atoms with Gasteiger partial charge in [0.05, 0.1) is 14.2 Å². The lowest BCUT2D eigenvalue weighted by Gasteiger charge is -2.16. The van der Waals surface area contributed by atoms with Gasteiger partial charge in [0.1, 0.15) is 0 Å². The van der Waals surface area contributed by atoms with Gasteiger partial charge in [-0.3, -0.25) is 0 Å². The maximum Gasteiger partial charge on any atom is 0.161 e. The summed E-state index contributed by atoms with van der Waals surface area (Å²) in [5.74, 6) is 3.06. The Hall–Kier alpha value is -1.44. The summed E-state index contributed by atoms with van der Waals surface area (Å²) < 4.78 is 10.8. The van der Waals surface area contributed by atoms with Crippen molar-refractivity contribution in [2.75, 3.05) is 14.2 Å². The quantitative estimate of drug-likeness (QED) is 0.675. The molecule has 0 N–H and O–H groups in total. The summed E-state index contributed by atoms with van der Waals surface area (Å²) in [6.45, 7) is 11.0. The first-order valence-electron chi connectivity index (χ1n) is 7.68. The zero-order chi connectivity index (χ0) is 16.0. The fourth-order valence-electron chi connectivity index (χ4n) is 2.48. The molecule has 2 heteroatoms. The number of hydrogen-bond acceptors (Lipinski definition) is 2. The van der Waals surface area contributed by atoms with E-state index >= 15 is 0 Å². The van der Waals surface area contributed by atoms with Crippen LogP contribution in [0.2, 0.25) is 0 Å². The van der Waals surface area contributed by atoms with Crippen LogP contribution in [0, 0.1) is 18.3 Å². The molecule has 2 nitrogen and oxygen atoms in total. The third-order valence-electron chi connectivity index (χ3n) is 3.48. The molecule has 1 unspecified atom stereocenters. The Balaban J connectivity index is 3.12. The topological polar surface area (TPSA) is 18.5 Å². The van der Waals surface area contributed by atoms with Gasteiger partial charge in [-0.15, -0.1) is 0 Å². The highest BCUT2D eigenvalue weighted by Crippen LogP contribution is 2.34. The molecule has 1 radical (unpaired) electrons. The fourth-order valence-corrected chi connectivity index (χ4v) is 2.48. The highest BCUT2D eigenvalue weighted by Gasteiger charge is 2.12. The van der Waals surface area contributed by atoms with Gasteiger partial charge in [0.2, 0.25) is 0 Å². The van der Waals surface area contributed by atoms with E-state index in [-0.39, 0.29) is 0 Å². The molecule has 0 fully saturated rings. The smallest absolute Gasteiger partial charge is 0.161 e. The Kier molecular flexibility index (Phi) is 6.80. The molecular formula is C19H29O2. The molecule has 0 spiro atoms. The third-order valence-corrected chi connectivity index (χ3v) is 3.48. The van der Waals surface area contributed by atoms with Crippen LogP contribution in [-0.2, 0) is 0 Å². The summed E-state index contributed by atoms with van der Waals surface area (Å²) in [4.78, 5) is 0. The highest BCUT2D eigenvalue weighted by molar-refractivity contribution is 5.61. The second-order valence-corrected chi connectivity index (χ2v) is 6.15. The van der Waals surface area contributed by atoms with E-state index in [1.807, 2.05) is 0 Å². The standard InChI is InChI=1S/C19H29O2/c1-13(2)10-15(5)8-9-16-11-18(20-6)19(21-7)12-17(16)14(3)4/h8-15H,1-7H3. The highest BCUT2D eigenvalue weighted by atomic mass is 16.5. The molecule has 0 aliphatic rings. The average Bonchev–Trinajstić information content (AvgIpc) is 2.43. The molecule has 21 heavy (non-hydrogen) atoms. The van der Waals surface area contributed by atoms with Crippen LogP contribution in [0.25, 0.3) is 6.08 Å². The summed E-state index contributed by atoms with van der Waals surface area (Å²) in [5.41, 5.74) is 2.48. The van der Waals surface area contributed by atoms with Crippen molar-refractivity contribution in [3.63, 3.8) is 0 Å². The molecular weight excluding hydrogens is 260 g/mol. The maximum absolute atomic E-state index is 5.42. The maximum atomic E-state index is 5.42. The molecule has 0 saturated carbocycles. The lowest BCUT2D eigenvalue weighted by atomic mass is 9.93. The van der Waals surface area contributed by atoms with E-state index in [4.69, 9.17) is 9.47 Å². The first-order valence-corrected chi connectivity index (χ1v) is 7.68. The van der Waals surface area contributed by atoms with Gasteiger partial charge < -0.3 is 9.47 Å². The van der Waals surface area contributed by atoms with E-state index in [0.29, 0.717) is 17.8 Å². The monoisotopic (exact) mass is 289 g/mol. The van der Waals surface area contributed by atoms with Crippen molar-refractivity contribution in [1.29, 1.82) is 0 Å². The zero-order valence-corrected chi connectivity index (χ0v) is 14.4. The minimum atomic E-state index is 0.439. The van der Waals surface area contributed by atoms with Crippen LogP contribution in [0.4, 0.5) is 0 Å². The molecule has 0 heterocycles. The van der Waals surface area contributed by atoms with Crippen molar-refractivity contribution in [1.82, 2.24) is 0 Å². The molecule has 0 aromatic heterocycles. The summed E-state index contributed by atoms with van der Waals surface area (Å²) in [6.07, 6.45) is 6.78. The molecule has 1 rings (SSSR count). The van der Waals surface area contributed by atoms with Gasteiger partial charge in [0.15, 0.2) is 11.5 Å². The van der Waals surface area contributed by atoms with Crippen LogP contribution in [0.15, 0.2) is 18.2 Å². The van der Waals surface area contributed by atoms with Gasteiger partial charge in [0.25, 0.3) is 0 Å². The first kappa shape index (κ1) is 17.6. The van der Waals surface area contributed by atoms with Gasteiger partial charge >= 0.3 is 0 Å². The summed E-state index contributed by atoms with van der Waals surface area (Å²) in [6, 6.07) is 4.15. The predicted octanol–water partition coefficient (Wildman–Crippen LogP) is 5.34. The molecule has 1 aromatic rings. The van der Waals surface area contributed by atoms with Crippen LogP contribution >= 0.6 is 0 Å². The van der Waals surface area contributed by atoms with Gasteiger partial charge in [0, 0.05) is 0 Å². The van der Waals surface area contributed by atoms with Crippen molar-refractivity contribution in [3.8, 4) is 11.5 Å². The lowest BCUT2D eigenvalue weighted by molar-refractivity contribution is 0.354. The largest absolute Gasteiger partial charge is 0.493 e. The van der Waals surface area contributed by atoms with Crippen molar-refractivity contribution < 1.29 is 9.47 Å². The Morgan fingerprint density at radius 3 is 1.95 bits per heavy atom. The van der Waals surface area contributed by atoms with E-state index in [2.05, 4.69) is 65.3 Å². The summed E-state index contributed by atoms with van der Waals surface area (Å²) >= 11 is 0. The van der Waals surface area contributed by atoms with Crippen molar-refractivity contribution in [2.45, 2.75) is 40.5 Å². The van der Waals surface area contributed by atoms with E-state index in [1.54, 1.807) is 14.2 Å². The van der Waals surface area contributed by atoms with Gasteiger partial charge in [-0.25, -0.2) is 0 Å². The number of methoxy groups -OCH3 is 2. The molecule has 1 aromatic carbocycles. The Morgan fingerprint density at radius 2 is 1.48 bits per heavy atom. The first-order chi connectivity index (χ1) is 9.88. The Morgan fingerprint density at radius 1 is 0.905 bits per heavy atom. The second-order valence-electron chi connectivity index (χ2n) is 6.15. The van der Waals surface area contributed by atoms with Crippen molar-refractivity contribution >= 4 is 6.08 Å². The van der Waals surface area contributed by atoms with E-state index in [9.17, 15) is 0 Å². The molecule has 0 bridgehead atoms. The van der Waals surface area contributed by atoms with Gasteiger partial charge in [-0.2, -0.15) is 0 Å². The van der Waals surface area contributed by atoms with Gasteiger partial charge in [-0.1, -0.05) is 46.8 Å². The molecule has 1 atom stereocenters. The number of hydrogen-bond donors (Lipinski definition) is 0. The molecule has 0 aliphatic carbocycles. The van der Waals surface area contributed by atoms with Crippen LogP contribution in [-0.4, -0.2) is 14.2 Å². The van der Waals surface area contributed by atoms with Crippen molar-refractivity contribution in [3.05, 3.63) is 35.8 Å². The van der Waals surface area contributed by atoms with Crippen LogP contribution in [0.5, 0.6) is 11.5 Å². The van der Waals surface area contributed by atoms with E-state index < -0.39 is 0 Å². The average molecular weight is 289 g/mol. The van der Waals surface area contributed by atoms with Crippen molar-refractivity contribution in [2.24, 2.45) is 11.8 Å². The Bertz CT molecular complexity index is 473. The SMILES string of the molecule is COc1cc(C=CC(C)[CH]C(C)C)c(C(C)C)cc1OC. The Labute approximate surface area is 130 Å². The molecule has 0 aliphatic heterocycles. The minimum Gasteiger partial charge on any atom is -0.493 e. The molecule has 117 valence electrons. The number of rotatable bonds is 7. The minimum absolute atomic E-state index is 0.439. The number of benzene rings is 1. The second kappa shape index (κ2) is 8.11. The fraction of sp³-hybridized carbons (Fsp3) is 0.526. The normalized spacial score (nSPS) is 13.2. The number of allylic oxidation sites excluding steroid dienone is 1. The number of ether oxygens (including phenoxy) is 2. The summed E-state index contributed by atoms with van der Waals surface area (Å²) in [7, 11) is 3.35. The summed E-state index contributed by atoms with van der Waals surface area (Å²) in [5, 5.41) is 0. The third kappa shape index (κ3) is 5.11. The van der Waals surface area contributed by atoms with E-state index in [0.717, 1.165) is 11.5 Å². The van der Waals surface area contributed by atoms with Crippen LogP contribution in [0.1, 0.15) is 51.7 Å². The van der Waals surface area contributed by atoms with Crippen LogP contribution < -0.4 is 9.47 Å². The molecule has 0 saturated heterocycles. The predicted molar refractivity (Wildman–Crippen MR) is 91.0 cm³/mol. The zero-order valence-electron chi connectivity index (χ0n) is 14.4. The van der Waals surface area contributed by atoms with Gasteiger partial charge in [-0.05, 0) is 47.4 Å². The van der Waals surface area contributed by atoms with E-state index in [1.165, 1.54) is 11.1 Å².